The second kappa shape index (κ2) is 9.27. The van der Waals surface area contributed by atoms with Crippen molar-refractivity contribution in [3.8, 4) is 0 Å². The van der Waals surface area contributed by atoms with Gasteiger partial charge in [0.05, 0.1) is 6.20 Å². The fourth-order valence-electron chi connectivity index (χ4n) is 1.52. The summed E-state index contributed by atoms with van der Waals surface area (Å²) < 4.78 is 5.73. The van der Waals surface area contributed by atoms with Crippen molar-refractivity contribution in [1.82, 2.24) is 15.6 Å². The van der Waals surface area contributed by atoms with Gasteiger partial charge in [0.1, 0.15) is 12.3 Å². The van der Waals surface area contributed by atoms with Crippen molar-refractivity contribution < 1.29 is 4.42 Å². The number of hydrogen-bond acceptors (Lipinski definition) is 3. The molecule has 0 atom stereocenters. The zero-order valence-electron chi connectivity index (χ0n) is 14.0. The van der Waals surface area contributed by atoms with E-state index < -0.39 is 0 Å². The van der Waals surface area contributed by atoms with Crippen molar-refractivity contribution >= 4 is 29.9 Å². The van der Waals surface area contributed by atoms with Gasteiger partial charge in [-0.1, -0.05) is 34.6 Å². The Balaban J connectivity index is 0.00000400. The van der Waals surface area contributed by atoms with Crippen LogP contribution in [0.1, 0.15) is 53.2 Å². The van der Waals surface area contributed by atoms with Gasteiger partial charge in [-0.15, -0.1) is 24.0 Å². The van der Waals surface area contributed by atoms with Gasteiger partial charge >= 0.3 is 0 Å². The SMILES string of the molecule is CCNC(=NCc1ncc(C(C)(C)C)o1)NCC(C)C.I. The number of aliphatic imine (C=N–C) groups is 1. The molecule has 1 aromatic rings. The van der Waals surface area contributed by atoms with Crippen LogP contribution < -0.4 is 10.6 Å². The van der Waals surface area contributed by atoms with Crippen molar-refractivity contribution in [2.75, 3.05) is 13.1 Å². The summed E-state index contributed by atoms with van der Waals surface area (Å²) >= 11 is 0. The molecule has 0 aliphatic carbocycles. The highest BCUT2D eigenvalue weighted by Gasteiger charge is 2.18. The molecule has 0 aliphatic heterocycles. The molecule has 0 aromatic carbocycles. The van der Waals surface area contributed by atoms with Crippen LogP contribution in [0.3, 0.4) is 0 Å². The van der Waals surface area contributed by atoms with Gasteiger partial charge in [-0.2, -0.15) is 0 Å². The maximum absolute atomic E-state index is 5.73. The molecule has 0 aliphatic rings. The molecule has 0 fully saturated rings. The van der Waals surface area contributed by atoms with Crippen LogP contribution >= 0.6 is 24.0 Å². The quantitative estimate of drug-likeness (QED) is 0.446. The number of aromatic nitrogens is 1. The van der Waals surface area contributed by atoms with E-state index in [0.717, 1.165) is 24.8 Å². The second-order valence-electron chi connectivity index (χ2n) is 6.34. The molecule has 0 unspecified atom stereocenters. The van der Waals surface area contributed by atoms with Crippen molar-refractivity contribution in [2.45, 2.75) is 53.5 Å². The number of rotatable bonds is 5. The van der Waals surface area contributed by atoms with Gasteiger partial charge in [0.15, 0.2) is 5.96 Å². The lowest BCUT2D eigenvalue weighted by molar-refractivity contribution is 0.383. The minimum atomic E-state index is -0.0185. The summed E-state index contributed by atoms with van der Waals surface area (Å²) in [5.41, 5.74) is -0.0185. The molecule has 1 rings (SSSR count). The molecule has 5 nitrogen and oxygen atoms in total. The first-order valence-corrected chi connectivity index (χ1v) is 7.30. The molecule has 6 heteroatoms. The normalized spacial score (nSPS) is 12.2. The van der Waals surface area contributed by atoms with Crippen LogP contribution in [0.25, 0.3) is 0 Å². The fraction of sp³-hybridized carbons (Fsp3) is 0.733. The average molecular weight is 408 g/mol. The largest absolute Gasteiger partial charge is 0.443 e. The summed E-state index contributed by atoms with van der Waals surface area (Å²) in [6.45, 7) is 14.9. The Morgan fingerprint density at radius 3 is 2.48 bits per heavy atom. The van der Waals surface area contributed by atoms with Gasteiger partial charge in [-0.3, -0.25) is 0 Å². The number of hydrogen-bond donors (Lipinski definition) is 2. The second-order valence-corrected chi connectivity index (χ2v) is 6.34. The number of guanidine groups is 1. The van der Waals surface area contributed by atoms with E-state index in [-0.39, 0.29) is 29.4 Å². The van der Waals surface area contributed by atoms with Crippen molar-refractivity contribution in [3.63, 3.8) is 0 Å². The zero-order valence-corrected chi connectivity index (χ0v) is 16.3. The molecule has 2 N–H and O–H groups in total. The monoisotopic (exact) mass is 408 g/mol. The molecule has 0 radical (unpaired) electrons. The van der Waals surface area contributed by atoms with E-state index in [4.69, 9.17) is 4.42 Å². The maximum atomic E-state index is 5.73. The first kappa shape index (κ1) is 20.2. The number of halogens is 1. The van der Waals surface area contributed by atoms with E-state index in [1.54, 1.807) is 6.20 Å². The lowest BCUT2D eigenvalue weighted by Gasteiger charge is -2.13. The Kier molecular flexibility index (Phi) is 8.92. The Morgan fingerprint density at radius 1 is 1.33 bits per heavy atom. The number of oxazole rings is 1. The number of nitrogens with zero attached hydrogens (tertiary/aromatic N) is 2. The predicted molar refractivity (Wildman–Crippen MR) is 98.3 cm³/mol. The van der Waals surface area contributed by atoms with Crippen LogP contribution in [0.2, 0.25) is 0 Å². The molecule has 0 saturated heterocycles. The Hall–Kier alpha value is -0.790. The molecule has 21 heavy (non-hydrogen) atoms. The fourth-order valence-corrected chi connectivity index (χ4v) is 1.52. The third kappa shape index (κ3) is 7.68. The summed E-state index contributed by atoms with van der Waals surface area (Å²) in [5.74, 6) is 2.92. The molecule has 1 heterocycles. The third-order valence-corrected chi connectivity index (χ3v) is 2.69. The van der Waals surface area contributed by atoms with E-state index >= 15 is 0 Å². The molecule has 0 bridgehead atoms. The zero-order chi connectivity index (χ0) is 15.2. The van der Waals surface area contributed by atoms with E-state index in [0.29, 0.717) is 18.4 Å². The van der Waals surface area contributed by atoms with Crippen LogP contribution in [0.15, 0.2) is 15.6 Å². The highest BCUT2D eigenvalue weighted by molar-refractivity contribution is 14.0. The molecule has 0 spiro atoms. The lowest BCUT2D eigenvalue weighted by Crippen LogP contribution is -2.39. The van der Waals surface area contributed by atoms with Gasteiger partial charge in [-0.25, -0.2) is 9.98 Å². The molecule has 0 amide bonds. The first-order valence-electron chi connectivity index (χ1n) is 7.30. The Morgan fingerprint density at radius 2 is 2.00 bits per heavy atom. The minimum absolute atomic E-state index is 0. The lowest BCUT2D eigenvalue weighted by atomic mass is 9.94. The topological polar surface area (TPSA) is 62.5 Å². The van der Waals surface area contributed by atoms with Gasteiger partial charge in [-0.05, 0) is 12.8 Å². The minimum Gasteiger partial charge on any atom is -0.443 e. The summed E-state index contributed by atoms with van der Waals surface area (Å²) in [6.07, 6.45) is 1.79. The van der Waals surface area contributed by atoms with Crippen LogP contribution in [0.4, 0.5) is 0 Å². The van der Waals surface area contributed by atoms with Gasteiger partial charge in [0.25, 0.3) is 0 Å². The van der Waals surface area contributed by atoms with E-state index in [9.17, 15) is 0 Å². The molecular formula is C15H29IN4O. The van der Waals surface area contributed by atoms with Crippen LogP contribution in [-0.2, 0) is 12.0 Å². The smallest absolute Gasteiger partial charge is 0.216 e. The van der Waals surface area contributed by atoms with Gasteiger partial charge in [0.2, 0.25) is 5.89 Å². The summed E-state index contributed by atoms with van der Waals surface area (Å²) in [7, 11) is 0. The van der Waals surface area contributed by atoms with E-state index in [2.05, 4.69) is 62.2 Å². The van der Waals surface area contributed by atoms with Crippen molar-refractivity contribution in [3.05, 3.63) is 17.8 Å². The highest BCUT2D eigenvalue weighted by atomic mass is 127. The third-order valence-electron chi connectivity index (χ3n) is 2.69. The van der Waals surface area contributed by atoms with E-state index in [1.807, 2.05) is 0 Å². The summed E-state index contributed by atoms with van der Waals surface area (Å²) in [5, 5.41) is 6.51. The molecule has 1 aromatic heterocycles. The van der Waals surface area contributed by atoms with E-state index in [1.165, 1.54) is 0 Å². The number of nitrogens with one attached hydrogen (secondary N) is 2. The standard InChI is InChI=1S/C15H28N4O.HI/c1-7-16-14(18-8-11(2)3)19-10-13-17-9-12(20-13)15(4,5)6;/h9,11H,7-8,10H2,1-6H3,(H2,16,18,19);1H. The van der Waals surface area contributed by atoms with Crippen molar-refractivity contribution in [2.24, 2.45) is 10.9 Å². The highest BCUT2D eigenvalue weighted by Crippen LogP contribution is 2.22. The molecule has 0 saturated carbocycles. The Labute approximate surface area is 145 Å². The molecular weight excluding hydrogens is 379 g/mol. The van der Waals surface area contributed by atoms with Crippen molar-refractivity contribution in [1.29, 1.82) is 0 Å². The Bertz CT molecular complexity index is 435. The van der Waals surface area contributed by atoms with Crippen LogP contribution in [0.5, 0.6) is 0 Å². The summed E-state index contributed by atoms with van der Waals surface area (Å²) in [6, 6.07) is 0. The maximum Gasteiger partial charge on any atom is 0.216 e. The van der Waals surface area contributed by atoms with Crippen LogP contribution in [0, 0.1) is 5.92 Å². The van der Waals surface area contributed by atoms with Gasteiger partial charge in [0, 0.05) is 18.5 Å². The average Bonchev–Trinajstić information content (AvgIpc) is 2.81. The predicted octanol–water partition coefficient (Wildman–Crippen LogP) is 3.30. The van der Waals surface area contributed by atoms with Gasteiger partial charge < -0.3 is 15.1 Å². The first-order chi connectivity index (χ1) is 9.32. The summed E-state index contributed by atoms with van der Waals surface area (Å²) in [4.78, 5) is 8.77. The molecule has 122 valence electrons. The van der Waals surface area contributed by atoms with Crippen LogP contribution in [-0.4, -0.2) is 24.0 Å².